The Labute approximate surface area is 169 Å². The molecule has 0 N–H and O–H groups in total. The molecule has 27 heavy (non-hydrogen) atoms. The summed E-state index contributed by atoms with van der Waals surface area (Å²) >= 11 is -2.17. The van der Waals surface area contributed by atoms with E-state index in [0.717, 1.165) is 15.9 Å². The third-order valence-electron chi connectivity index (χ3n) is 6.51. The van der Waals surface area contributed by atoms with E-state index in [9.17, 15) is 4.57 Å². The molecule has 0 fully saturated rings. The van der Waals surface area contributed by atoms with Crippen molar-refractivity contribution in [1.29, 1.82) is 0 Å². The van der Waals surface area contributed by atoms with Crippen LogP contribution in [0.3, 0.4) is 0 Å². The van der Waals surface area contributed by atoms with Gasteiger partial charge < -0.3 is 0 Å². The van der Waals surface area contributed by atoms with E-state index in [1.165, 1.54) is 43.9 Å². The van der Waals surface area contributed by atoms with Crippen LogP contribution in [0.25, 0.3) is 0 Å². The fourth-order valence-electron chi connectivity index (χ4n) is 4.43. The van der Waals surface area contributed by atoms with Gasteiger partial charge in [-0.2, -0.15) is 0 Å². The molecule has 3 heteroatoms. The van der Waals surface area contributed by atoms with Crippen molar-refractivity contribution in [2.45, 2.75) is 41.5 Å². The monoisotopic (exact) mass is 480 g/mol. The van der Waals surface area contributed by atoms with Crippen LogP contribution in [0.2, 0.25) is 0 Å². The third kappa shape index (κ3) is 2.17. The van der Waals surface area contributed by atoms with Gasteiger partial charge in [-0.1, -0.05) is 0 Å². The summed E-state index contributed by atoms with van der Waals surface area (Å²) in [5, 5.41) is 3.46. The van der Waals surface area contributed by atoms with Gasteiger partial charge >= 0.3 is 170 Å². The van der Waals surface area contributed by atoms with Crippen LogP contribution in [0.5, 0.6) is 0 Å². The van der Waals surface area contributed by atoms with Crippen LogP contribution in [-0.4, -0.2) is 20.2 Å². The summed E-state index contributed by atoms with van der Waals surface area (Å²) in [6.07, 6.45) is 0. The summed E-state index contributed by atoms with van der Waals surface area (Å²) < 4.78 is 19.2. The molecule has 3 aromatic rings. The molecule has 0 radical (unpaired) electrons. The molecule has 136 valence electrons. The molecule has 0 aliphatic carbocycles. The molecule has 1 nitrogen and oxygen atoms in total. The van der Waals surface area contributed by atoms with Gasteiger partial charge in [-0.05, 0) is 0 Å². The van der Waals surface area contributed by atoms with Gasteiger partial charge in [-0.25, -0.2) is 0 Å². The normalized spacial score (nSPS) is 16.1. The van der Waals surface area contributed by atoms with Crippen LogP contribution >= 0.6 is 7.14 Å². The first-order valence-corrected chi connectivity index (χ1v) is 15.0. The van der Waals surface area contributed by atoms with Gasteiger partial charge in [0.25, 0.3) is 0 Å². The first kappa shape index (κ1) is 17.8. The Morgan fingerprint density at radius 2 is 0.778 bits per heavy atom. The molecule has 0 amide bonds. The van der Waals surface area contributed by atoms with Gasteiger partial charge in [0, 0.05) is 0 Å². The summed E-state index contributed by atoms with van der Waals surface area (Å²) in [6.45, 7) is 13.0. The van der Waals surface area contributed by atoms with E-state index in [1.54, 1.807) is 0 Å². The maximum atomic E-state index is 14.9. The average molecular weight is 481 g/mol. The molecule has 3 aromatic carbocycles. The molecule has 0 aromatic heterocycles. The number of rotatable bonds is 0. The first-order chi connectivity index (χ1) is 12.7. The predicted octanol–water partition coefficient (Wildman–Crippen LogP) is 2.32. The van der Waals surface area contributed by atoms with Gasteiger partial charge in [-0.3, -0.25) is 0 Å². The van der Waals surface area contributed by atoms with E-state index in [0.29, 0.717) is 0 Å². The minimum absolute atomic E-state index is 1.15. The van der Waals surface area contributed by atoms with Gasteiger partial charge in [-0.15, -0.1) is 0 Å². The molecular weight excluding hydrogens is 457 g/mol. The van der Waals surface area contributed by atoms with Crippen LogP contribution < -0.4 is 26.4 Å². The van der Waals surface area contributed by atoms with Crippen molar-refractivity contribution in [1.82, 2.24) is 0 Å². The Bertz CT molecular complexity index is 1070. The van der Waals surface area contributed by atoms with Crippen LogP contribution in [-0.2, 0) is 4.57 Å². The van der Waals surface area contributed by atoms with E-state index in [-0.39, 0.29) is 0 Å². The molecule has 0 spiro atoms. The van der Waals surface area contributed by atoms with Crippen molar-refractivity contribution in [3.05, 3.63) is 69.8 Å². The number of hydrogen-bond acceptors (Lipinski definition) is 1. The summed E-state index contributed by atoms with van der Waals surface area (Å²) in [5.41, 5.74) is 7.76. The van der Waals surface area contributed by atoms with Crippen LogP contribution in [0.15, 0.2) is 36.4 Å². The second kappa shape index (κ2) is 5.62. The molecule has 0 saturated heterocycles. The fourth-order valence-corrected chi connectivity index (χ4v) is 20.6. The molecule has 3 aliphatic heterocycles. The molecule has 3 aliphatic rings. The molecule has 3 heterocycles. The standard InChI is InChI=1S/C24H24OP.Sb/c1-16-7-10-22(13-19(16)4)26(25,23-11-8-17(2)20(5)14-23)24-12-9-18(3)21(6)15-24;/h7-9,13-15H,1-6H3;. The van der Waals surface area contributed by atoms with Gasteiger partial charge in [0.15, 0.2) is 0 Å². The zero-order chi connectivity index (χ0) is 19.2. The Morgan fingerprint density at radius 1 is 0.519 bits per heavy atom. The van der Waals surface area contributed by atoms with Crippen molar-refractivity contribution in [2.24, 2.45) is 0 Å². The number of hydrogen-bond donors (Lipinski definition) is 0. The van der Waals surface area contributed by atoms with Crippen molar-refractivity contribution in [3.63, 3.8) is 0 Å². The van der Waals surface area contributed by atoms with E-state index in [2.05, 4.69) is 77.9 Å². The Morgan fingerprint density at radius 3 is 1.07 bits per heavy atom. The molecule has 0 saturated carbocycles. The summed E-state index contributed by atoms with van der Waals surface area (Å²) in [5.74, 6) is 0. The molecular formula is C24H24OPSb. The second-order valence-corrected chi connectivity index (χ2v) is 16.9. The average Bonchev–Trinajstić information content (AvgIpc) is 2.60. The molecule has 0 unspecified atom stereocenters. The van der Waals surface area contributed by atoms with Crippen LogP contribution in [0, 0.1) is 41.5 Å². The summed E-state index contributed by atoms with van der Waals surface area (Å²) in [4.78, 5) is 0. The molecule has 0 atom stereocenters. The first-order valence-electron chi connectivity index (χ1n) is 9.49. The van der Waals surface area contributed by atoms with Gasteiger partial charge in [0.05, 0.1) is 0 Å². The van der Waals surface area contributed by atoms with Crippen LogP contribution in [0.1, 0.15) is 33.4 Å². The fraction of sp³-hybridized carbons (Fsp3) is 0.250. The predicted molar refractivity (Wildman–Crippen MR) is 119 cm³/mol. The minimum atomic E-state index is -2.79. The van der Waals surface area contributed by atoms with E-state index in [1.807, 2.05) is 0 Å². The Hall–Kier alpha value is -1.29. The summed E-state index contributed by atoms with van der Waals surface area (Å²) in [7, 11) is -2.79. The van der Waals surface area contributed by atoms with Crippen molar-refractivity contribution >= 4 is 53.8 Å². The summed E-state index contributed by atoms with van der Waals surface area (Å²) in [6, 6.07) is 13.9. The second-order valence-electron chi connectivity index (χ2n) is 8.22. The third-order valence-corrected chi connectivity index (χ3v) is 18.5. The topological polar surface area (TPSA) is 17.1 Å². The van der Waals surface area contributed by atoms with Gasteiger partial charge in [0.2, 0.25) is 0 Å². The Kier molecular flexibility index (Phi) is 3.70. The molecule has 2 bridgehead atoms. The van der Waals surface area contributed by atoms with Crippen LogP contribution in [0.4, 0.5) is 0 Å². The van der Waals surface area contributed by atoms with E-state index >= 15 is 0 Å². The number of aryl methyl sites for hydroxylation is 6. The zero-order valence-corrected chi connectivity index (χ0v) is 20.2. The van der Waals surface area contributed by atoms with E-state index in [4.69, 9.17) is 0 Å². The van der Waals surface area contributed by atoms with E-state index < -0.39 is 27.4 Å². The maximum absolute atomic E-state index is 14.9. The quantitative estimate of drug-likeness (QED) is 0.245. The number of benzene rings is 3. The Balaban J connectivity index is 1.99. The molecule has 6 rings (SSSR count). The SMILES string of the molecule is Cc1c[c]2c(cc1C)P1(=O)c3cc(C)c(C)c[c]3[Sb]2[c]2cc(C)c(C)cc21. The van der Waals surface area contributed by atoms with Crippen molar-refractivity contribution < 1.29 is 4.57 Å². The van der Waals surface area contributed by atoms with Crippen molar-refractivity contribution in [2.75, 3.05) is 0 Å². The zero-order valence-electron chi connectivity index (χ0n) is 16.8. The van der Waals surface area contributed by atoms with Gasteiger partial charge in [0.1, 0.15) is 0 Å². The van der Waals surface area contributed by atoms with Crippen molar-refractivity contribution in [3.8, 4) is 0 Å².